The van der Waals surface area contributed by atoms with Crippen molar-refractivity contribution in [1.82, 2.24) is 4.90 Å². The number of carbonyl (C=O) groups is 1. The summed E-state index contributed by atoms with van der Waals surface area (Å²) >= 11 is 0. The molecule has 0 aromatic heterocycles. The Morgan fingerprint density at radius 3 is 2.29 bits per heavy atom. The Balaban J connectivity index is 1.49. The molecular formula is C32H34N2O4. The molecule has 6 nitrogen and oxygen atoms in total. The van der Waals surface area contributed by atoms with Crippen LogP contribution in [0.15, 0.2) is 97.1 Å². The molecule has 0 aliphatic heterocycles. The van der Waals surface area contributed by atoms with Gasteiger partial charge >= 0.3 is 6.03 Å². The summed E-state index contributed by atoms with van der Waals surface area (Å²) in [6.45, 7) is 3.45. The average Bonchev–Trinajstić information content (AvgIpc) is 2.94. The first-order chi connectivity index (χ1) is 18.5. The molecule has 0 spiro atoms. The molecule has 0 atom stereocenters. The number of carbonyl (C=O) groups excluding carboxylic acids is 1. The van der Waals surface area contributed by atoms with Crippen LogP contribution in [0.2, 0.25) is 0 Å². The molecule has 1 N–H and O–H groups in total. The minimum absolute atomic E-state index is 0.160. The molecule has 38 heavy (non-hydrogen) atoms. The lowest BCUT2D eigenvalue weighted by Crippen LogP contribution is -2.36. The first-order valence-corrected chi connectivity index (χ1v) is 12.6. The highest BCUT2D eigenvalue weighted by molar-refractivity contribution is 5.89. The quantitative estimate of drug-likeness (QED) is 0.239. The second-order valence-electron chi connectivity index (χ2n) is 9.08. The second-order valence-corrected chi connectivity index (χ2v) is 9.08. The van der Waals surface area contributed by atoms with E-state index in [1.54, 1.807) is 14.2 Å². The Morgan fingerprint density at radius 2 is 1.53 bits per heavy atom. The summed E-state index contributed by atoms with van der Waals surface area (Å²) in [5, 5.41) is 3.05. The van der Waals surface area contributed by atoms with Gasteiger partial charge in [-0.25, -0.2) is 4.79 Å². The van der Waals surface area contributed by atoms with E-state index in [0.717, 1.165) is 33.7 Å². The van der Waals surface area contributed by atoms with E-state index in [-0.39, 0.29) is 6.03 Å². The number of nitrogens with zero attached hydrogens (tertiary/aromatic N) is 1. The van der Waals surface area contributed by atoms with E-state index in [9.17, 15) is 4.79 Å². The number of aryl methyl sites for hydroxylation is 1. The van der Waals surface area contributed by atoms with E-state index in [2.05, 4.69) is 5.32 Å². The maximum atomic E-state index is 13.4. The fraction of sp³-hybridized carbons (Fsp3) is 0.219. The Hall–Kier alpha value is -4.45. The van der Waals surface area contributed by atoms with Crippen LogP contribution in [0.25, 0.3) is 0 Å². The van der Waals surface area contributed by atoms with Gasteiger partial charge in [-0.2, -0.15) is 0 Å². The normalized spacial score (nSPS) is 10.5. The highest BCUT2D eigenvalue weighted by Crippen LogP contribution is 2.28. The average molecular weight is 511 g/mol. The number of anilines is 1. The van der Waals surface area contributed by atoms with Crippen LogP contribution in [-0.2, 0) is 19.6 Å². The van der Waals surface area contributed by atoms with Crippen LogP contribution in [-0.4, -0.2) is 31.7 Å². The summed E-state index contributed by atoms with van der Waals surface area (Å²) in [5.41, 5.74) is 5.00. The summed E-state index contributed by atoms with van der Waals surface area (Å²) in [4.78, 5) is 15.2. The van der Waals surface area contributed by atoms with Crippen molar-refractivity contribution in [3.8, 4) is 17.2 Å². The number of rotatable bonds is 11. The molecule has 0 bridgehead atoms. The molecule has 2 amide bonds. The minimum Gasteiger partial charge on any atom is -0.493 e. The van der Waals surface area contributed by atoms with Crippen molar-refractivity contribution >= 4 is 11.7 Å². The Kier molecular flexibility index (Phi) is 9.24. The van der Waals surface area contributed by atoms with Gasteiger partial charge in [0, 0.05) is 18.8 Å². The lowest BCUT2D eigenvalue weighted by Gasteiger charge is -2.24. The van der Waals surface area contributed by atoms with Crippen LogP contribution in [0, 0.1) is 6.92 Å². The van der Waals surface area contributed by atoms with Gasteiger partial charge < -0.3 is 24.4 Å². The summed E-state index contributed by atoms with van der Waals surface area (Å²) < 4.78 is 16.8. The van der Waals surface area contributed by atoms with Gasteiger partial charge in [-0.15, -0.1) is 0 Å². The van der Waals surface area contributed by atoms with Gasteiger partial charge in [0.15, 0.2) is 11.5 Å². The van der Waals surface area contributed by atoms with E-state index < -0.39 is 0 Å². The van der Waals surface area contributed by atoms with Crippen LogP contribution < -0.4 is 19.5 Å². The van der Waals surface area contributed by atoms with Gasteiger partial charge in [-0.1, -0.05) is 60.7 Å². The smallest absolute Gasteiger partial charge is 0.322 e. The standard InChI is InChI=1S/C32H34N2O4/c1-24-9-7-13-28(19-24)33-32(35)34(18-17-25-15-16-30(36-2)31(21-25)37-3)22-27-12-8-14-29(20-27)38-23-26-10-5-4-6-11-26/h4-16,19-21H,17-18,22-23H2,1-3H3,(H,33,35). The molecule has 0 saturated heterocycles. The predicted octanol–water partition coefficient (Wildman–Crippen LogP) is 6.87. The Morgan fingerprint density at radius 1 is 0.763 bits per heavy atom. The fourth-order valence-corrected chi connectivity index (χ4v) is 4.17. The minimum atomic E-state index is -0.160. The van der Waals surface area contributed by atoms with Crippen molar-refractivity contribution in [3.63, 3.8) is 0 Å². The third-order valence-corrected chi connectivity index (χ3v) is 6.20. The van der Waals surface area contributed by atoms with E-state index in [1.165, 1.54) is 0 Å². The number of ether oxygens (including phenoxy) is 3. The predicted molar refractivity (Wildman–Crippen MR) is 151 cm³/mol. The van der Waals surface area contributed by atoms with Crippen molar-refractivity contribution in [2.45, 2.75) is 26.5 Å². The van der Waals surface area contributed by atoms with E-state index in [0.29, 0.717) is 37.6 Å². The Bertz CT molecular complexity index is 1340. The summed E-state index contributed by atoms with van der Waals surface area (Å²) in [6, 6.07) is 31.4. The topological polar surface area (TPSA) is 60.0 Å². The molecule has 0 unspecified atom stereocenters. The summed E-state index contributed by atoms with van der Waals surface area (Å²) in [6.07, 6.45) is 0.659. The molecule has 0 aliphatic rings. The van der Waals surface area contributed by atoms with E-state index in [4.69, 9.17) is 14.2 Å². The number of urea groups is 1. The number of hydrogen-bond donors (Lipinski definition) is 1. The van der Waals surface area contributed by atoms with Crippen LogP contribution in [0.4, 0.5) is 10.5 Å². The molecule has 4 aromatic carbocycles. The molecular weight excluding hydrogens is 476 g/mol. The van der Waals surface area contributed by atoms with E-state index in [1.807, 2.05) is 109 Å². The SMILES string of the molecule is COc1ccc(CCN(Cc2cccc(OCc3ccccc3)c2)C(=O)Nc2cccc(C)c2)cc1OC. The second kappa shape index (κ2) is 13.2. The lowest BCUT2D eigenvalue weighted by atomic mass is 10.1. The van der Waals surface area contributed by atoms with Gasteiger partial charge in [0.1, 0.15) is 12.4 Å². The molecule has 0 radical (unpaired) electrons. The van der Waals surface area contributed by atoms with Gasteiger partial charge in [-0.05, 0) is 72.0 Å². The summed E-state index contributed by atoms with van der Waals surface area (Å²) in [5.74, 6) is 2.12. The zero-order chi connectivity index (χ0) is 26.7. The number of methoxy groups -OCH3 is 2. The van der Waals surface area contributed by atoms with Crippen molar-refractivity contribution in [1.29, 1.82) is 0 Å². The molecule has 0 heterocycles. The fourth-order valence-electron chi connectivity index (χ4n) is 4.17. The lowest BCUT2D eigenvalue weighted by molar-refractivity contribution is 0.209. The Labute approximate surface area is 224 Å². The number of hydrogen-bond acceptors (Lipinski definition) is 4. The first-order valence-electron chi connectivity index (χ1n) is 12.6. The maximum absolute atomic E-state index is 13.4. The van der Waals surface area contributed by atoms with Crippen LogP contribution in [0.1, 0.15) is 22.3 Å². The van der Waals surface area contributed by atoms with Gasteiger partial charge in [0.25, 0.3) is 0 Å². The molecule has 196 valence electrons. The molecule has 6 heteroatoms. The van der Waals surface area contributed by atoms with Crippen molar-refractivity contribution in [2.24, 2.45) is 0 Å². The van der Waals surface area contributed by atoms with E-state index >= 15 is 0 Å². The molecule has 4 aromatic rings. The maximum Gasteiger partial charge on any atom is 0.322 e. The zero-order valence-corrected chi connectivity index (χ0v) is 22.1. The number of amides is 2. The van der Waals surface area contributed by atoms with Crippen LogP contribution in [0.3, 0.4) is 0 Å². The van der Waals surface area contributed by atoms with Crippen LogP contribution >= 0.6 is 0 Å². The van der Waals surface area contributed by atoms with Crippen molar-refractivity contribution < 1.29 is 19.0 Å². The number of nitrogens with one attached hydrogen (secondary N) is 1. The highest BCUT2D eigenvalue weighted by atomic mass is 16.5. The molecule has 0 aliphatic carbocycles. The monoisotopic (exact) mass is 510 g/mol. The zero-order valence-electron chi connectivity index (χ0n) is 22.1. The van der Waals surface area contributed by atoms with Crippen LogP contribution in [0.5, 0.6) is 17.2 Å². The third kappa shape index (κ3) is 7.53. The van der Waals surface area contributed by atoms with Crippen molar-refractivity contribution in [3.05, 3.63) is 119 Å². The molecule has 0 fully saturated rings. The number of benzene rings is 4. The molecule has 4 rings (SSSR count). The van der Waals surface area contributed by atoms with Gasteiger partial charge in [0.05, 0.1) is 14.2 Å². The van der Waals surface area contributed by atoms with Crippen molar-refractivity contribution in [2.75, 3.05) is 26.1 Å². The molecule has 0 saturated carbocycles. The van der Waals surface area contributed by atoms with Gasteiger partial charge in [0.2, 0.25) is 0 Å². The largest absolute Gasteiger partial charge is 0.493 e. The first kappa shape index (κ1) is 26.6. The summed E-state index contributed by atoms with van der Waals surface area (Å²) in [7, 11) is 3.24. The van der Waals surface area contributed by atoms with Gasteiger partial charge in [-0.3, -0.25) is 0 Å². The third-order valence-electron chi connectivity index (χ3n) is 6.20. The highest BCUT2D eigenvalue weighted by Gasteiger charge is 2.16.